The number of hydrogen-bond acceptors (Lipinski definition) is 3. The molecule has 2 rings (SSSR count). The molecule has 1 heterocycles. The summed E-state index contributed by atoms with van der Waals surface area (Å²) in [6.45, 7) is 0.954. The molecular formula is C16H22F2N2O2. The molecule has 0 radical (unpaired) electrons. The molecule has 4 nitrogen and oxygen atoms in total. The van der Waals surface area contributed by atoms with E-state index in [1.807, 2.05) is 30.3 Å². The van der Waals surface area contributed by atoms with E-state index in [2.05, 4.69) is 0 Å². The van der Waals surface area contributed by atoms with Gasteiger partial charge in [-0.2, -0.15) is 0 Å². The Morgan fingerprint density at radius 3 is 2.55 bits per heavy atom. The number of amides is 1. The van der Waals surface area contributed by atoms with Crippen molar-refractivity contribution in [2.24, 2.45) is 0 Å². The minimum atomic E-state index is -2.45. The van der Waals surface area contributed by atoms with Crippen LogP contribution in [0.3, 0.4) is 0 Å². The second kappa shape index (κ2) is 8.19. The predicted octanol–water partition coefficient (Wildman–Crippen LogP) is 1.74. The molecule has 1 aromatic rings. The normalized spacial score (nSPS) is 16.8. The molecule has 122 valence electrons. The lowest BCUT2D eigenvalue weighted by molar-refractivity contribution is -0.129. The van der Waals surface area contributed by atoms with E-state index in [1.54, 1.807) is 4.90 Å². The van der Waals surface area contributed by atoms with Gasteiger partial charge in [0.05, 0.1) is 12.6 Å². The minimum Gasteiger partial charge on any atom is -0.390 e. The summed E-state index contributed by atoms with van der Waals surface area (Å²) in [5.41, 5.74) is 0.924. The van der Waals surface area contributed by atoms with Crippen LogP contribution in [0.5, 0.6) is 0 Å². The number of aliphatic hydroxyl groups excluding tert-OH is 1. The predicted molar refractivity (Wildman–Crippen MR) is 79.5 cm³/mol. The Balaban J connectivity index is 1.89. The van der Waals surface area contributed by atoms with E-state index in [0.717, 1.165) is 12.0 Å². The molecule has 1 aliphatic rings. The van der Waals surface area contributed by atoms with Crippen molar-refractivity contribution in [3.8, 4) is 0 Å². The molecule has 1 aromatic carbocycles. The van der Waals surface area contributed by atoms with Crippen LogP contribution in [0.15, 0.2) is 30.3 Å². The summed E-state index contributed by atoms with van der Waals surface area (Å²) in [7, 11) is 0. The average molecular weight is 312 g/mol. The molecule has 0 bridgehead atoms. The number of likely N-dealkylation sites (tertiary alicyclic amines) is 1. The molecule has 0 aromatic heterocycles. The molecule has 22 heavy (non-hydrogen) atoms. The van der Waals surface area contributed by atoms with E-state index in [0.29, 0.717) is 19.5 Å². The number of hydrogen-bond donors (Lipinski definition) is 1. The molecule has 0 spiro atoms. The summed E-state index contributed by atoms with van der Waals surface area (Å²) in [5, 5.41) is 10.1. The van der Waals surface area contributed by atoms with Gasteiger partial charge in [-0.3, -0.25) is 9.69 Å². The van der Waals surface area contributed by atoms with E-state index in [-0.39, 0.29) is 25.5 Å². The quantitative estimate of drug-likeness (QED) is 0.795. The topological polar surface area (TPSA) is 43.8 Å². The third kappa shape index (κ3) is 5.35. The Hall–Kier alpha value is -1.53. The Kier molecular flexibility index (Phi) is 6.27. The van der Waals surface area contributed by atoms with Crippen LogP contribution < -0.4 is 0 Å². The first-order valence-electron chi connectivity index (χ1n) is 7.55. The summed E-state index contributed by atoms with van der Waals surface area (Å²) in [4.78, 5) is 14.7. The Labute approximate surface area is 129 Å². The van der Waals surface area contributed by atoms with E-state index < -0.39 is 12.5 Å². The highest BCUT2D eigenvalue weighted by Crippen LogP contribution is 2.12. The standard InChI is InChI=1S/C16H22F2N2O2/c17-15(18)12-19(9-13-5-2-1-3-6-13)10-14(21)11-20-8-4-7-16(20)22/h1-3,5-6,14-15,21H,4,7-12H2. The molecule has 1 saturated heterocycles. The monoisotopic (exact) mass is 312 g/mol. The molecule has 0 saturated carbocycles. The SMILES string of the molecule is O=C1CCCN1CC(O)CN(Cc1ccccc1)CC(F)F. The molecule has 1 N–H and O–H groups in total. The van der Waals surface area contributed by atoms with E-state index >= 15 is 0 Å². The fourth-order valence-electron chi connectivity index (χ4n) is 2.75. The highest BCUT2D eigenvalue weighted by molar-refractivity contribution is 5.78. The van der Waals surface area contributed by atoms with Gasteiger partial charge in [0.2, 0.25) is 5.91 Å². The number of benzene rings is 1. The largest absolute Gasteiger partial charge is 0.390 e. The van der Waals surface area contributed by atoms with Crippen LogP contribution in [-0.4, -0.2) is 59.5 Å². The van der Waals surface area contributed by atoms with E-state index in [4.69, 9.17) is 0 Å². The lowest BCUT2D eigenvalue weighted by atomic mass is 10.2. The first kappa shape index (κ1) is 16.8. The second-order valence-corrected chi connectivity index (χ2v) is 5.67. The van der Waals surface area contributed by atoms with Gasteiger partial charge in [0.1, 0.15) is 0 Å². The van der Waals surface area contributed by atoms with Gasteiger partial charge < -0.3 is 10.0 Å². The number of β-amino-alcohol motifs (C(OH)–C–C–N with tert-alkyl or cyclic N) is 1. The van der Waals surface area contributed by atoms with Crippen molar-refractivity contribution in [1.82, 2.24) is 9.80 Å². The summed E-state index contributed by atoms with van der Waals surface area (Å²) >= 11 is 0. The van der Waals surface area contributed by atoms with Gasteiger partial charge in [0, 0.05) is 32.6 Å². The van der Waals surface area contributed by atoms with Crippen LogP contribution in [-0.2, 0) is 11.3 Å². The number of carbonyl (C=O) groups excluding carboxylic acids is 1. The van der Waals surface area contributed by atoms with Gasteiger partial charge in [-0.05, 0) is 12.0 Å². The van der Waals surface area contributed by atoms with Crippen LogP contribution in [0.2, 0.25) is 0 Å². The summed E-state index contributed by atoms with van der Waals surface area (Å²) in [6.07, 6.45) is -1.96. The van der Waals surface area contributed by atoms with Crippen LogP contribution in [0, 0.1) is 0 Å². The van der Waals surface area contributed by atoms with Gasteiger partial charge in [0.25, 0.3) is 6.43 Å². The molecular weight excluding hydrogens is 290 g/mol. The summed E-state index contributed by atoms with van der Waals surface area (Å²) in [5.74, 6) is 0.0301. The van der Waals surface area contributed by atoms with Gasteiger partial charge in [-0.15, -0.1) is 0 Å². The third-order valence-electron chi connectivity index (χ3n) is 3.72. The second-order valence-electron chi connectivity index (χ2n) is 5.67. The van der Waals surface area contributed by atoms with Crippen molar-refractivity contribution in [2.45, 2.75) is 31.9 Å². The maximum absolute atomic E-state index is 12.7. The fraction of sp³-hybridized carbons (Fsp3) is 0.562. The van der Waals surface area contributed by atoms with E-state index in [9.17, 15) is 18.7 Å². The number of halogens is 2. The van der Waals surface area contributed by atoms with Crippen molar-refractivity contribution < 1.29 is 18.7 Å². The minimum absolute atomic E-state index is 0.0301. The number of alkyl halides is 2. The molecule has 1 atom stereocenters. The number of aliphatic hydroxyl groups is 1. The highest BCUT2D eigenvalue weighted by Gasteiger charge is 2.24. The number of carbonyl (C=O) groups is 1. The molecule has 0 aliphatic carbocycles. The number of rotatable bonds is 8. The van der Waals surface area contributed by atoms with Crippen molar-refractivity contribution in [2.75, 3.05) is 26.2 Å². The zero-order valence-electron chi connectivity index (χ0n) is 12.5. The Morgan fingerprint density at radius 1 is 1.23 bits per heavy atom. The smallest absolute Gasteiger partial charge is 0.251 e. The molecule has 1 amide bonds. The van der Waals surface area contributed by atoms with Crippen LogP contribution in [0.25, 0.3) is 0 Å². The van der Waals surface area contributed by atoms with Crippen LogP contribution in [0.1, 0.15) is 18.4 Å². The fourth-order valence-corrected chi connectivity index (χ4v) is 2.75. The lowest BCUT2D eigenvalue weighted by Gasteiger charge is -2.27. The molecule has 1 unspecified atom stereocenters. The zero-order valence-corrected chi connectivity index (χ0v) is 12.5. The van der Waals surface area contributed by atoms with Gasteiger partial charge in [-0.1, -0.05) is 30.3 Å². The first-order chi connectivity index (χ1) is 10.5. The lowest BCUT2D eigenvalue weighted by Crippen LogP contribution is -2.42. The zero-order chi connectivity index (χ0) is 15.9. The van der Waals surface area contributed by atoms with Crippen molar-refractivity contribution in [1.29, 1.82) is 0 Å². The van der Waals surface area contributed by atoms with Crippen molar-refractivity contribution in [3.05, 3.63) is 35.9 Å². The molecule has 6 heteroatoms. The third-order valence-corrected chi connectivity index (χ3v) is 3.72. The molecule has 1 aliphatic heterocycles. The van der Waals surface area contributed by atoms with Gasteiger partial charge in [-0.25, -0.2) is 8.78 Å². The van der Waals surface area contributed by atoms with Gasteiger partial charge >= 0.3 is 0 Å². The average Bonchev–Trinajstić information content (AvgIpc) is 2.84. The Morgan fingerprint density at radius 2 is 1.95 bits per heavy atom. The van der Waals surface area contributed by atoms with E-state index in [1.165, 1.54) is 4.90 Å². The molecule has 1 fully saturated rings. The van der Waals surface area contributed by atoms with Crippen LogP contribution in [0.4, 0.5) is 8.78 Å². The summed E-state index contributed by atoms with van der Waals surface area (Å²) < 4.78 is 25.4. The first-order valence-corrected chi connectivity index (χ1v) is 7.55. The highest BCUT2D eigenvalue weighted by atomic mass is 19.3. The Bertz CT molecular complexity index is 470. The van der Waals surface area contributed by atoms with Crippen molar-refractivity contribution >= 4 is 5.91 Å². The van der Waals surface area contributed by atoms with Crippen molar-refractivity contribution in [3.63, 3.8) is 0 Å². The number of nitrogens with zero attached hydrogens (tertiary/aromatic N) is 2. The van der Waals surface area contributed by atoms with Gasteiger partial charge in [0.15, 0.2) is 0 Å². The van der Waals surface area contributed by atoms with Crippen LogP contribution >= 0.6 is 0 Å². The maximum Gasteiger partial charge on any atom is 0.251 e. The summed E-state index contributed by atoms with van der Waals surface area (Å²) in [6, 6.07) is 9.32. The maximum atomic E-state index is 12.7.